The first-order valence-corrected chi connectivity index (χ1v) is 20.7. The van der Waals surface area contributed by atoms with E-state index < -0.39 is 23.3 Å². The Morgan fingerprint density at radius 1 is 0.934 bits per heavy atom. The second-order valence-corrected chi connectivity index (χ2v) is 16.9. The zero-order valence-corrected chi connectivity index (χ0v) is 35.2. The van der Waals surface area contributed by atoms with Crippen LogP contribution in [0.2, 0.25) is 0 Å². The third-order valence-electron chi connectivity index (χ3n) is 13.0. The van der Waals surface area contributed by atoms with Crippen LogP contribution in [0, 0.1) is 11.8 Å². The molecule has 0 unspecified atom stereocenters. The van der Waals surface area contributed by atoms with Crippen molar-refractivity contribution in [3.63, 3.8) is 0 Å². The summed E-state index contributed by atoms with van der Waals surface area (Å²) in [5.41, 5.74) is 3.04. The number of aryl methyl sites for hydroxylation is 2. The summed E-state index contributed by atoms with van der Waals surface area (Å²) in [6.45, 7) is 1.98. The number of amides is 6. The second kappa shape index (κ2) is 16.3. The molecular formula is C45H51N7O9. The van der Waals surface area contributed by atoms with E-state index in [0.29, 0.717) is 68.0 Å². The van der Waals surface area contributed by atoms with Gasteiger partial charge in [-0.3, -0.25) is 48.7 Å². The van der Waals surface area contributed by atoms with Gasteiger partial charge in [0.05, 0.1) is 37.5 Å². The summed E-state index contributed by atoms with van der Waals surface area (Å²) in [5, 5.41) is 6.08. The average Bonchev–Trinajstić information content (AvgIpc) is 3.74. The van der Waals surface area contributed by atoms with Crippen molar-refractivity contribution in [3.8, 4) is 22.6 Å². The predicted molar refractivity (Wildman–Crippen MR) is 224 cm³/mol. The number of piperidine rings is 3. The van der Waals surface area contributed by atoms with Gasteiger partial charge in [-0.2, -0.15) is 0 Å². The van der Waals surface area contributed by atoms with Gasteiger partial charge in [0, 0.05) is 76.0 Å². The highest BCUT2D eigenvalue weighted by Crippen LogP contribution is 2.49. The summed E-state index contributed by atoms with van der Waals surface area (Å²) in [6, 6.07) is 11.0. The molecule has 6 amide bonds. The number of carbonyl (C=O) groups excluding carboxylic acids is 6. The van der Waals surface area contributed by atoms with E-state index >= 15 is 0 Å². The molecule has 4 fully saturated rings. The van der Waals surface area contributed by atoms with Crippen molar-refractivity contribution in [2.24, 2.45) is 25.9 Å². The quantitative estimate of drug-likeness (QED) is 0.142. The van der Waals surface area contributed by atoms with Crippen LogP contribution in [0.4, 0.5) is 0 Å². The Labute approximate surface area is 352 Å². The number of aromatic nitrogens is 2. The van der Waals surface area contributed by atoms with Crippen LogP contribution in [0.5, 0.6) is 11.5 Å². The number of benzene rings is 2. The van der Waals surface area contributed by atoms with Crippen molar-refractivity contribution in [1.82, 2.24) is 34.5 Å². The molecule has 320 valence electrons. The summed E-state index contributed by atoms with van der Waals surface area (Å²) in [4.78, 5) is 95.8. The molecule has 3 saturated heterocycles. The molecule has 4 aliphatic heterocycles. The molecule has 6 heterocycles. The maximum absolute atomic E-state index is 13.7. The maximum Gasteiger partial charge on any atom is 0.274 e. The number of rotatable bonds is 14. The molecule has 1 aliphatic carbocycles. The van der Waals surface area contributed by atoms with Crippen LogP contribution in [0.25, 0.3) is 22.0 Å². The molecular weight excluding hydrogens is 783 g/mol. The van der Waals surface area contributed by atoms with E-state index in [1.807, 2.05) is 65.1 Å². The minimum atomic E-state index is -1.31. The molecule has 2 aromatic carbocycles. The Hall–Kier alpha value is -6.29. The summed E-state index contributed by atoms with van der Waals surface area (Å²) in [6.07, 6.45) is 6.84. The number of imide groups is 2. The van der Waals surface area contributed by atoms with Crippen molar-refractivity contribution in [2.75, 3.05) is 47.4 Å². The average molecular weight is 834 g/mol. The van der Waals surface area contributed by atoms with Gasteiger partial charge >= 0.3 is 0 Å². The SMILES string of the molecule is COc1cc(-c2cn(C)c(=O)c3c2ccn3C)cc(OC)c1CN(C)CC(=O)NCCCC(=O)N1CCC(Cc2cccc3c2C(=O)N(C24CC(C2)C(=O)NC4=O)C3=O)CC1. The predicted octanol–water partition coefficient (Wildman–Crippen LogP) is 2.77. The molecule has 5 aliphatic rings. The Balaban J connectivity index is 0.794. The summed E-state index contributed by atoms with van der Waals surface area (Å²) in [5.74, 6) is -1.06. The van der Waals surface area contributed by atoms with Crippen LogP contribution >= 0.6 is 0 Å². The molecule has 0 atom stereocenters. The number of hydrogen-bond acceptors (Lipinski definition) is 10. The van der Waals surface area contributed by atoms with Crippen molar-refractivity contribution in [2.45, 2.75) is 57.0 Å². The number of methoxy groups -OCH3 is 2. The number of likely N-dealkylation sites (tertiary alicyclic amines) is 1. The number of hydrogen-bond donors (Lipinski definition) is 2. The van der Waals surface area contributed by atoms with Gasteiger partial charge in [-0.15, -0.1) is 0 Å². The van der Waals surface area contributed by atoms with E-state index in [9.17, 15) is 33.6 Å². The zero-order valence-electron chi connectivity index (χ0n) is 35.2. The van der Waals surface area contributed by atoms with Gasteiger partial charge in [0.15, 0.2) is 0 Å². The number of nitrogens with one attached hydrogen (secondary N) is 2. The lowest BCUT2D eigenvalue weighted by Gasteiger charge is -2.52. The van der Waals surface area contributed by atoms with E-state index in [1.165, 1.54) is 0 Å². The van der Waals surface area contributed by atoms with Gasteiger partial charge < -0.3 is 28.8 Å². The monoisotopic (exact) mass is 833 g/mol. The number of fused-ring (bicyclic) bond motifs is 4. The van der Waals surface area contributed by atoms with E-state index in [4.69, 9.17) is 9.47 Å². The van der Waals surface area contributed by atoms with Crippen molar-refractivity contribution < 1.29 is 38.2 Å². The van der Waals surface area contributed by atoms with E-state index in [0.717, 1.165) is 45.4 Å². The second-order valence-electron chi connectivity index (χ2n) is 16.9. The Morgan fingerprint density at radius 3 is 2.31 bits per heavy atom. The molecule has 1 saturated carbocycles. The number of likely N-dealkylation sites (N-methyl/N-ethyl adjacent to an activating group) is 1. The fraction of sp³-hybridized carbons (Fsp3) is 0.444. The van der Waals surface area contributed by atoms with Crippen molar-refractivity contribution >= 4 is 46.3 Å². The summed E-state index contributed by atoms with van der Waals surface area (Å²) < 4.78 is 15.0. The first-order valence-electron chi connectivity index (χ1n) is 20.7. The number of nitrogens with zero attached hydrogens (tertiary/aromatic N) is 5. The largest absolute Gasteiger partial charge is 0.496 e. The normalized spacial score (nSPS) is 19.9. The maximum atomic E-state index is 13.7. The van der Waals surface area contributed by atoms with Crippen LogP contribution in [-0.2, 0) is 46.2 Å². The topological polar surface area (TPSA) is 182 Å². The molecule has 61 heavy (non-hydrogen) atoms. The molecule has 2 N–H and O–H groups in total. The van der Waals surface area contributed by atoms with Crippen molar-refractivity contribution in [3.05, 3.63) is 81.4 Å². The minimum Gasteiger partial charge on any atom is -0.496 e. The standard InChI is InChI=1S/C45H51N7O9/c1-48(23-33-34(60-4)19-28(20-35(33)61-5)32-24-50(3)43(58)39-30(32)13-15-49(39)2)25-36(53)46-14-7-10-37(54)51-16-11-26(12-17-51)18-27-8-6-9-31-38(27)42(57)52(41(31)56)45-21-29(22-45)40(55)47-44(45)59/h6,8-9,13,15,19-20,24,26,29H,7,10-12,14,16-18,21-23,25H2,1-5H3,(H,46,53)(H,47,55,59). The molecule has 4 aromatic rings. The first-order chi connectivity index (χ1) is 29.2. The minimum absolute atomic E-state index is 0.0255. The highest BCUT2D eigenvalue weighted by atomic mass is 16.5. The molecule has 9 rings (SSSR count). The van der Waals surface area contributed by atoms with Crippen LogP contribution < -0.4 is 25.7 Å². The van der Waals surface area contributed by atoms with Crippen LogP contribution in [0.3, 0.4) is 0 Å². The summed E-state index contributed by atoms with van der Waals surface area (Å²) >= 11 is 0. The van der Waals surface area contributed by atoms with Gasteiger partial charge in [0.2, 0.25) is 17.7 Å². The fourth-order valence-electron chi connectivity index (χ4n) is 9.63. The molecule has 2 aromatic heterocycles. The Morgan fingerprint density at radius 2 is 1.64 bits per heavy atom. The van der Waals surface area contributed by atoms with Gasteiger partial charge in [-0.25, -0.2) is 0 Å². The van der Waals surface area contributed by atoms with Crippen LogP contribution in [0.1, 0.15) is 70.4 Å². The van der Waals surface area contributed by atoms with Gasteiger partial charge in [0.1, 0.15) is 22.6 Å². The van der Waals surface area contributed by atoms with E-state index in [2.05, 4.69) is 10.6 Å². The Kier molecular flexibility index (Phi) is 11.1. The zero-order chi connectivity index (χ0) is 43.3. The van der Waals surface area contributed by atoms with Gasteiger partial charge in [-0.1, -0.05) is 12.1 Å². The van der Waals surface area contributed by atoms with E-state index in [-0.39, 0.29) is 60.1 Å². The lowest BCUT2D eigenvalue weighted by atomic mass is 9.63. The third kappa shape index (κ3) is 7.36. The highest BCUT2D eigenvalue weighted by Gasteiger charge is 2.65. The molecule has 0 radical (unpaired) electrons. The number of ether oxygens (including phenoxy) is 2. The molecule has 2 bridgehead atoms. The number of carbonyl (C=O) groups is 6. The third-order valence-corrected chi connectivity index (χ3v) is 13.0. The smallest absolute Gasteiger partial charge is 0.274 e. The van der Waals surface area contributed by atoms with E-state index in [1.54, 1.807) is 38.0 Å². The van der Waals surface area contributed by atoms with Gasteiger partial charge in [0.25, 0.3) is 23.3 Å². The van der Waals surface area contributed by atoms with Crippen molar-refractivity contribution in [1.29, 1.82) is 0 Å². The van der Waals surface area contributed by atoms with Crippen LogP contribution in [-0.4, -0.2) is 112 Å². The highest BCUT2D eigenvalue weighted by molar-refractivity contribution is 6.25. The fourth-order valence-corrected chi connectivity index (χ4v) is 9.63. The molecule has 16 heteroatoms. The molecule has 0 spiro atoms. The summed E-state index contributed by atoms with van der Waals surface area (Å²) in [7, 11) is 8.57. The van der Waals surface area contributed by atoms with Gasteiger partial charge in [-0.05, 0) is 86.9 Å². The lowest BCUT2D eigenvalue weighted by Crippen LogP contribution is -2.74. The first kappa shape index (κ1) is 41.4. The molecule has 16 nitrogen and oxygen atoms in total. The lowest BCUT2D eigenvalue weighted by molar-refractivity contribution is -0.158. The van der Waals surface area contributed by atoms with Crippen LogP contribution in [0.15, 0.2) is 53.6 Å². The Bertz CT molecular complexity index is 2520. The number of pyridine rings is 1.